The summed E-state index contributed by atoms with van der Waals surface area (Å²) in [4.78, 5) is 20.6. The summed E-state index contributed by atoms with van der Waals surface area (Å²) in [6.07, 6.45) is 3.47. The van der Waals surface area contributed by atoms with Crippen LogP contribution >= 0.6 is 11.8 Å². The number of thioether (sulfide) groups is 1. The molecule has 1 aliphatic carbocycles. The van der Waals surface area contributed by atoms with E-state index in [9.17, 15) is 4.79 Å². The van der Waals surface area contributed by atoms with Crippen molar-refractivity contribution in [3.63, 3.8) is 0 Å². The molecule has 1 heterocycles. The van der Waals surface area contributed by atoms with E-state index in [0.717, 1.165) is 6.42 Å². The maximum absolute atomic E-state index is 12.4. The number of nitrogens with two attached hydrogens (primary N) is 2. The van der Waals surface area contributed by atoms with Gasteiger partial charge in [-0.05, 0) is 25.2 Å². The molecule has 2 rings (SSSR count). The van der Waals surface area contributed by atoms with Gasteiger partial charge in [0.15, 0.2) is 5.16 Å². The van der Waals surface area contributed by atoms with E-state index in [2.05, 4.69) is 29.1 Å². The fraction of sp³-hybridized carbons (Fsp3) is 0.667. The zero-order chi connectivity index (χ0) is 16.3. The summed E-state index contributed by atoms with van der Waals surface area (Å²) >= 11 is 1.28. The Kier molecular flexibility index (Phi) is 5.50. The molecule has 0 saturated heterocycles. The van der Waals surface area contributed by atoms with Crippen LogP contribution in [0, 0.1) is 11.8 Å². The number of aromatic nitrogens is 2. The standard InChI is InChI=1S/C15H25N5OS/c1-8-5-4-6-11(9(8)2)18-14(21)10(3)22-15-19-12(16)7-13(17)20-15/h7-11H,4-6H2,1-3H3,(H,18,21)(H4,16,17,19,20). The van der Waals surface area contributed by atoms with Crippen LogP contribution in [-0.2, 0) is 4.79 Å². The highest BCUT2D eigenvalue weighted by Crippen LogP contribution is 2.30. The fourth-order valence-electron chi connectivity index (χ4n) is 2.81. The molecule has 22 heavy (non-hydrogen) atoms. The Bertz CT molecular complexity index is 518. The van der Waals surface area contributed by atoms with Gasteiger partial charge in [0.1, 0.15) is 11.6 Å². The van der Waals surface area contributed by atoms with Crippen LogP contribution in [0.1, 0.15) is 40.0 Å². The van der Waals surface area contributed by atoms with Crippen LogP contribution < -0.4 is 16.8 Å². The van der Waals surface area contributed by atoms with Gasteiger partial charge in [-0.25, -0.2) is 9.97 Å². The highest BCUT2D eigenvalue weighted by Gasteiger charge is 2.29. The van der Waals surface area contributed by atoms with E-state index >= 15 is 0 Å². The van der Waals surface area contributed by atoms with E-state index < -0.39 is 0 Å². The van der Waals surface area contributed by atoms with Gasteiger partial charge in [0.05, 0.1) is 5.25 Å². The van der Waals surface area contributed by atoms with Crippen LogP contribution in [0.5, 0.6) is 0 Å². The summed E-state index contributed by atoms with van der Waals surface area (Å²) in [6.45, 7) is 6.32. The zero-order valence-corrected chi connectivity index (χ0v) is 14.2. The molecule has 0 aliphatic heterocycles. The Morgan fingerprint density at radius 2 is 1.95 bits per heavy atom. The number of carbonyl (C=O) groups is 1. The number of rotatable bonds is 4. The first-order valence-corrected chi connectivity index (χ1v) is 8.62. The monoisotopic (exact) mass is 323 g/mol. The van der Waals surface area contributed by atoms with Gasteiger partial charge in [-0.1, -0.05) is 38.5 Å². The lowest BCUT2D eigenvalue weighted by Gasteiger charge is -2.35. The Hall–Kier alpha value is -1.50. The SMILES string of the molecule is CC(Sc1nc(N)cc(N)n1)C(=O)NC1CCCC(C)C1C. The topological polar surface area (TPSA) is 107 Å². The predicted octanol–water partition coefficient (Wildman–Crippen LogP) is 2.06. The Balaban J connectivity index is 1.94. The van der Waals surface area contributed by atoms with Gasteiger partial charge in [0.2, 0.25) is 5.91 Å². The van der Waals surface area contributed by atoms with Crippen molar-refractivity contribution in [2.75, 3.05) is 11.5 Å². The minimum absolute atomic E-state index is 0.0144. The quantitative estimate of drug-likeness (QED) is 0.578. The molecule has 1 amide bonds. The van der Waals surface area contributed by atoms with Crippen LogP contribution in [0.2, 0.25) is 0 Å². The first-order chi connectivity index (χ1) is 10.4. The van der Waals surface area contributed by atoms with E-state index in [-0.39, 0.29) is 17.2 Å². The summed E-state index contributed by atoms with van der Waals surface area (Å²) < 4.78 is 0. The Morgan fingerprint density at radius 1 is 1.32 bits per heavy atom. The van der Waals surface area contributed by atoms with Crippen molar-refractivity contribution in [1.29, 1.82) is 0 Å². The molecule has 1 aliphatic rings. The molecule has 6 nitrogen and oxygen atoms in total. The summed E-state index contributed by atoms with van der Waals surface area (Å²) in [5.74, 6) is 1.81. The fourth-order valence-corrected chi connectivity index (χ4v) is 3.62. The molecule has 4 atom stereocenters. The maximum Gasteiger partial charge on any atom is 0.233 e. The van der Waals surface area contributed by atoms with Crippen molar-refractivity contribution >= 4 is 29.3 Å². The highest BCUT2D eigenvalue weighted by atomic mass is 32.2. The summed E-state index contributed by atoms with van der Waals surface area (Å²) in [5.41, 5.74) is 11.3. The number of nitrogen functional groups attached to an aromatic ring is 2. The third-order valence-electron chi connectivity index (χ3n) is 4.43. The number of hydrogen-bond donors (Lipinski definition) is 3. The average molecular weight is 323 g/mol. The number of nitrogens with zero attached hydrogens (tertiary/aromatic N) is 2. The summed E-state index contributed by atoms with van der Waals surface area (Å²) in [7, 11) is 0. The smallest absolute Gasteiger partial charge is 0.233 e. The van der Waals surface area contributed by atoms with Crippen molar-refractivity contribution in [3.8, 4) is 0 Å². The van der Waals surface area contributed by atoms with Gasteiger partial charge in [-0.3, -0.25) is 4.79 Å². The van der Waals surface area contributed by atoms with Crippen molar-refractivity contribution in [1.82, 2.24) is 15.3 Å². The Morgan fingerprint density at radius 3 is 2.59 bits per heavy atom. The molecule has 7 heteroatoms. The molecule has 0 aromatic carbocycles. The highest BCUT2D eigenvalue weighted by molar-refractivity contribution is 8.00. The van der Waals surface area contributed by atoms with Gasteiger partial charge < -0.3 is 16.8 Å². The molecule has 4 unspecified atom stereocenters. The molecule has 5 N–H and O–H groups in total. The summed E-state index contributed by atoms with van der Waals surface area (Å²) in [6, 6.07) is 1.76. The van der Waals surface area contributed by atoms with Crippen LogP contribution in [0.3, 0.4) is 0 Å². The third-order valence-corrected chi connectivity index (χ3v) is 5.39. The van der Waals surface area contributed by atoms with Crippen molar-refractivity contribution < 1.29 is 4.79 Å². The molecular weight excluding hydrogens is 298 g/mol. The molecule has 1 fully saturated rings. The molecule has 122 valence electrons. The minimum Gasteiger partial charge on any atom is -0.383 e. The second-order valence-electron chi connectivity index (χ2n) is 6.14. The van der Waals surface area contributed by atoms with Gasteiger partial charge in [0, 0.05) is 12.1 Å². The molecule has 1 saturated carbocycles. The lowest BCUT2D eigenvalue weighted by Crippen LogP contribution is -2.46. The Labute approximate surface area is 135 Å². The number of nitrogens with one attached hydrogen (secondary N) is 1. The zero-order valence-electron chi connectivity index (χ0n) is 13.4. The molecule has 1 aromatic heterocycles. The van der Waals surface area contributed by atoms with Crippen molar-refractivity contribution in [3.05, 3.63) is 6.07 Å². The van der Waals surface area contributed by atoms with Gasteiger partial charge in [0.25, 0.3) is 0 Å². The largest absolute Gasteiger partial charge is 0.383 e. The lowest BCUT2D eigenvalue weighted by atomic mass is 9.78. The van der Waals surface area contributed by atoms with Crippen molar-refractivity contribution in [2.45, 2.75) is 56.5 Å². The van der Waals surface area contributed by atoms with E-state index in [0.29, 0.717) is 28.6 Å². The average Bonchev–Trinajstić information content (AvgIpc) is 2.42. The van der Waals surface area contributed by atoms with Crippen LogP contribution in [0.25, 0.3) is 0 Å². The van der Waals surface area contributed by atoms with Gasteiger partial charge >= 0.3 is 0 Å². The lowest BCUT2D eigenvalue weighted by molar-refractivity contribution is -0.121. The normalized spacial score (nSPS) is 26.4. The van der Waals surface area contributed by atoms with E-state index in [1.54, 1.807) is 0 Å². The third kappa shape index (κ3) is 4.25. The van der Waals surface area contributed by atoms with Gasteiger partial charge in [-0.15, -0.1) is 0 Å². The molecule has 0 bridgehead atoms. The molecule has 1 aromatic rings. The molecule has 0 radical (unpaired) electrons. The minimum atomic E-state index is -0.286. The first kappa shape index (κ1) is 16.9. The second kappa shape index (κ2) is 7.17. The van der Waals surface area contributed by atoms with E-state index in [1.165, 1.54) is 30.7 Å². The molecular formula is C15H25N5OS. The van der Waals surface area contributed by atoms with Crippen LogP contribution in [0.15, 0.2) is 11.2 Å². The van der Waals surface area contributed by atoms with E-state index in [1.807, 2.05) is 6.92 Å². The maximum atomic E-state index is 12.4. The number of anilines is 2. The first-order valence-electron chi connectivity index (χ1n) is 7.74. The van der Waals surface area contributed by atoms with Gasteiger partial charge in [-0.2, -0.15) is 0 Å². The number of hydrogen-bond acceptors (Lipinski definition) is 6. The molecule has 0 spiro atoms. The van der Waals surface area contributed by atoms with Crippen LogP contribution in [0.4, 0.5) is 11.6 Å². The number of carbonyl (C=O) groups excluding carboxylic acids is 1. The summed E-state index contributed by atoms with van der Waals surface area (Å²) in [5, 5.41) is 3.32. The van der Waals surface area contributed by atoms with Crippen molar-refractivity contribution in [2.24, 2.45) is 11.8 Å². The number of amides is 1. The predicted molar refractivity (Wildman–Crippen MR) is 90.3 cm³/mol. The van der Waals surface area contributed by atoms with E-state index in [4.69, 9.17) is 11.5 Å². The van der Waals surface area contributed by atoms with Crippen LogP contribution in [-0.4, -0.2) is 27.2 Å². The second-order valence-corrected chi connectivity index (χ2v) is 7.45.